The van der Waals surface area contributed by atoms with E-state index in [0.29, 0.717) is 27.7 Å². The Hall–Kier alpha value is -3.46. The largest absolute Gasteiger partial charge is 0.493 e. The number of rotatable bonds is 10. The fourth-order valence-electron chi connectivity index (χ4n) is 2.85. The summed E-state index contributed by atoms with van der Waals surface area (Å²) in [7, 11) is 1.47. The Kier molecular flexibility index (Phi) is 8.15. The van der Waals surface area contributed by atoms with Gasteiger partial charge in [-0.25, -0.2) is 4.79 Å². The van der Waals surface area contributed by atoms with Gasteiger partial charge in [-0.05, 0) is 54.6 Å². The van der Waals surface area contributed by atoms with Crippen molar-refractivity contribution in [2.24, 2.45) is 0 Å². The van der Waals surface area contributed by atoms with Gasteiger partial charge in [0.05, 0.1) is 25.2 Å². The van der Waals surface area contributed by atoms with Gasteiger partial charge in [-0.3, -0.25) is 14.5 Å². The normalized spacial score (nSPS) is 14.6. The molecular formula is C23H23NO7S. The lowest BCUT2D eigenvalue weighted by Gasteiger charge is -2.13. The quantitative estimate of drug-likeness (QED) is 0.394. The first kappa shape index (κ1) is 23.2. The predicted molar refractivity (Wildman–Crippen MR) is 120 cm³/mol. The minimum absolute atomic E-state index is 0.154. The van der Waals surface area contributed by atoms with Crippen molar-refractivity contribution < 1.29 is 33.3 Å². The molecule has 0 bridgehead atoms. The molecule has 0 unspecified atom stereocenters. The SMILES string of the molecule is CCOC(=O)COc1ccc(/C=C2\SC(=O)N(CCOc3ccccc3)C2=O)cc1OC. The summed E-state index contributed by atoms with van der Waals surface area (Å²) in [5.74, 6) is 0.566. The number of amides is 2. The topological polar surface area (TPSA) is 91.4 Å². The number of carbonyl (C=O) groups is 3. The summed E-state index contributed by atoms with van der Waals surface area (Å²) in [4.78, 5) is 37.9. The van der Waals surface area contributed by atoms with Crippen LogP contribution in [0.2, 0.25) is 0 Å². The third-order valence-corrected chi connectivity index (χ3v) is 5.24. The van der Waals surface area contributed by atoms with Crippen LogP contribution >= 0.6 is 11.8 Å². The number of methoxy groups -OCH3 is 1. The van der Waals surface area contributed by atoms with Crippen LogP contribution in [0, 0.1) is 0 Å². The monoisotopic (exact) mass is 457 g/mol. The van der Waals surface area contributed by atoms with Gasteiger partial charge in [-0.1, -0.05) is 24.3 Å². The van der Waals surface area contributed by atoms with Gasteiger partial charge in [0, 0.05) is 0 Å². The molecule has 0 aromatic heterocycles. The molecule has 0 aliphatic carbocycles. The Bertz CT molecular complexity index is 1010. The van der Waals surface area contributed by atoms with Crippen molar-refractivity contribution in [3.63, 3.8) is 0 Å². The van der Waals surface area contributed by atoms with Crippen molar-refractivity contribution in [2.75, 3.05) is 33.5 Å². The molecule has 1 aliphatic rings. The third kappa shape index (κ3) is 6.04. The lowest BCUT2D eigenvalue weighted by molar-refractivity contribution is -0.145. The Morgan fingerprint density at radius 2 is 1.84 bits per heavy atom. The molecule has 3 rings (SSSR count). The van der Waals surface area contributed by atoms with Crippen molar-refractivity contribution in [2.45, 2.75) is 6.92 Å². The molecule has 9 heteroatoms. The maximum atomic E-state index is 12.7. The number of esters is 1. The van der Waals surface area contributed by atoms with E-state index in [4.69, 9.17) is 18.9 Å². The van der Waals surface area contributed by atoms with Crippen molar-refractivity contribution in [1.82, 2.24) is 4.90 Å². The van der Waals surface area contributed by atoms with Crippen molar-refractivity contribution >= 4 is 35.0 Å². The van der Waals surface area contributed by atoms with E-state index in [0.717, 1.165) is 16.7 Å². The Balaban J connectivity index is 1.63. The number of hydrogen-bond donors (Lipinski definition) is 0. The number of carbonyl (C=O) groups excluding carboxylic acids is 3. The first-order valence-corrected chi connectivity index (χ1v) is 10.7. The van der Waals surface area contributed by atoms with Gasteiger partial charge in [-0.15, -0.1) is 0 Å². The fraction of sp³-hybridized carbons (Fsp3) is 0.261. The molecule has 1 fully saturated rings. The zero-order chi connectivity index (χ0) is 22.9. The van der Waals surface area contributed by atoms with Gasteiger partial charge >= 0.3 is 5.97 Å². The van der Waals surface area contributed by atoms with Crippen molar-refractivity contribution in [1.29, 1.82) is 0 Å². The van der Waals surface area contributed by atoms with Crippen LogP contribution < -0.4 is 14.2 Å². The molecule has 2 aromatic carbocycles. The number of benzene rings is 2. The summed E-state index contributed by atoms with van der Waals surface area (Å²) in [5, 5.41) is -0.348. The Morgan fingerprint density at radius 1 is 1.06 bits per heavy atom. The predicted octanol–water partition coefficient (Wildman–Crippen LogP) is 3.75. The van der Waals surface area contributed by atoms with Crippen molar-refractivity contribution in [3.05, 3.63) is 59.0 Å². The van der Waals surface area contributed by atoms with E-state index in [1.165, 1.54) is 7.11 Å². The Labute approximate surface area is 190 Å². The summed E-state index contributed by atoms with van der Waals surface area (Å²) in [5.41, 5.74) is 0.649. The second-order valence-corrected chi connectivity index (χ2v) is 7.49. The van der Waals surface area contributed by atoms with Crippen LogP contribution in [-0.4, -0.2) is 55.5 Å². The lowest BCUT2D eigenvalue weighted by atomic mass is 10.2. The average molecular weight is 458 g/mol. The Morgan fingerprint density at radius 3 is 2.56 bits per heavy atom. The zero-order valence-corrected chi connectivity index (χ0v) is 18.6. The van der Waals surface area contributed by atoms with Crippen LogP contribution in [-0.2, 0) is 14.3 Å². The molecule has 2 aromatic rings. The molecule has 0 spiro atoms. The fourth-order valence-corrected chi connectivity index (χ4v) is 3.71. The molecule has 1 heterocycles. The first-order chi connectivity index (χ1) is 15.5. The van der Waals surface area contributed by atoms with Gasteiger partial charge in [0.1, 0.15) is 12.4 Å². The van der Waals surface area contributed by atoms with Crippen LogP contribution in [0.15, 0.2) is 53.4 Å². The molecule has 1 aliphatic heterocycles. The molecule has 2 amide bonds. The van der Waals surface area contributed by atoms with Gasteiger partial charge in [0.25, 0.3) is 11.1 Å². The average Bonchev–Trinajstić information content (AvgIpc) is 3.06. The molecule has 0 atom stereocenters. The van der Waals surface area contributed by atoms with Gasteiger partial charge in [-0.2, -0.15) is 0 Å². The van der Waals surface area contributed by atoms with Crippen LogP contribution in [0.25, 0.3) is 6.08 Å². The molecule has 8 nitrogen and oxygen atoms in total. The molecule has 0 radical (unpaired) electrons. The van der Waals surface area contributed by atoms with E-state index < -0.39 is 5.97 Å². The summed E-state index contributed by atoms with van der Waals surface area (Å²) >= 11 is 0.870. The summed E-state index contributed by atoms with van der Waals surface area (Å²) in [6, 6.07) is 14.2. The molecular weight excluding hydrogens is 434 g/mol. The van der Waals surface area contributed by atoms with Crippen molar-refractivity contribution in [3.8, 4) is 17.2 Å². The van der Waals surface area contributed by atoms with E-state index in [9.17, 15) is 14.4 Å². The molecule has 0 N–H and O–H groups in total. The number of nitrogens with zero attached hydrogens (tertiary/aromatic N) is 1. The maximum absolute atomic E-state index is 12.7. The van der Waals surface area contributed by atoms with E-state index in [-0.39, 0.29) is 37.5 Å². The number of imide groups is 1. The van der Waals surface area contributed by atoms with Gasteiger partial charge < -0.3 is 18.9 Å². The van der Waals surface area contributed by atoms with Crippen LogP contribution in [0.3, 0.4) is 0 Å². The second-order valence-electron chi connectivity index (χ2n) is 6.50. The van der Waals surface area contributed by atoms with E-state index in [1.54, 1.807) is 43.3 Å². The summed E-state index contributed by atoms with van der Waals surface area (Å²) < 4.78 is 21.2. The van der Waals surface area contributed by atoms with Crippen LogP contribution in [0.4, 0.5) is 4.79 Å². The first-order valence-electron chi connectivity index (χ1n) is 9.91. The standard InChI is InChI=1S/C23H23NO7S/c1-3-29-21(25)15-31-18-10-9-16(13-19(18)28-2)14-20-22(26)24(23(27)32-20)11-12-30-17-7-5-4-6-8-17/h4-10,13-14H,3,11-12,15H2,1-2H3/b20-14-. The second kappa shape index (κ2) is 11.2. The molecule has 0 saturated carbocycles. The smallest absolute Gasteiger partial charge is 0.344 e. The number of para-hydroxylation sites is 1. The number of ether oxygens (including phenoxy) is 4. The lowest BCUT2D eigenvalue weighted by Crippen LogP contribution is -2.32. The van der Waals surface area contributed by atoms with Gasteiger partial charge in [0.15, 0.2) is 18.1 Å². The number of thioether (sulfide) groups is 1. The highest BCUT2D eigenvalue weighted by Gasteiger charge is 2.34. The highest BCUT2D eigenvalue weighted by molar-refractivity contribution is 8.18. The van der Waals surface area contributed by atoms with E-state index in [2.05, 4.69) is 0 Å². The van der Waals surface area contributed by atoms with E-state index in [1.807, 2.05) is 18.2 Å². The minimum Gasteiger partial charge on any atom is -0.493 e. The van der Waals surface area contributed by atoms with E-state index >= 15 is 0 Å². The highest BCUT2D eigenvalue weighted by Crippen LogP contribution is 2.34. The van der Waals surface area contributed by atoms with Crippen LogP contribution in [0.1, 0.15) is 12.5 Å². The highest BCUT2D eigenvalue weighted by atomic mass is 32.2. The summed E-state index contributed by atoms with van der Waals surface area (Å²) in [6.07, 6.45) is 1.61. The molecule has 168 valence electrons. The van der Waals surface area contributed by atoms with Crippen LogP contribution in [0.5, 0.6) is 17.2 Å². The molecule has 1 saturated heterocycles. The molecule has 32 heavy (non-hydrogen) atoms. The third-order valence-electron chi connectivity index (χ3n) is 4.34. The van der Waals surface area contributed by atoms with Gasteiger partial charge in [0.2, 0.25) is 0 Å². The zero-order valence-electron chi connectivity index (χ0n) is 17.7. The number of hydrogen-bond acceptors (Lipinski definition) is 8. The maximum Gasteiger partial charge on any atom is 0.344 e. The summed E-state index contributed by atoms with van der Waals surface area (Å²) in [6.45, 7) is 2.10. The minimum atomic E-state index is -0.483.